The fourth-order valence-electron chi connectivity index (χ4n) is 2.48. The molecule has 1 amide bonds. The van der Waals surface area contributed by atoms with Crippen molar-refractivity contribution >= 4 is 27.5 Å². The second-order valence-electron chi connectivity index (χ2n) is 5.83. The predicted molar refractivity (Wildman–Crippen MR) is 98.8 cm³/mol. The molecule has 142 valence electrons. The molecule has 0 radical (unpaired) electrons. The predicted octanol–water partition coefficient (Wildman–Crippen LogP) is 2.31. The normalized spacial score (nSPS) is 13.7. The van der Waals surface area contributed by atoms with E-state index in [0.29, 0.717) is 18.8 Å². The maximum atomic E-state index is 13.5. The van der Waals surface area contributed by atoms with Gasteiger partial charge in [-0.25, -0.2) is 12.8 Å². The van der Waals surface area contributed by atoms with Crippen molar-refractivity contribution in [1.82, 2.24) is 4.72 Å². The molecular weight excluding hydrogens is 373 g/mol. The summed E-state index contributed by atoms with van der Waals surface area (Å²) in [6.07, 6.45) is 1.40. The first-order valence-electron chi connectivity index (χ1n) is 8.27. The van der Waals surface area contributed by atoms with Gasteiger partial charge in [0.25, 0.3) is 15.9 Å². The van der Waals surface area contributed by atoms with Gasteiger partial charge in [-0.1, -0.05) is 18.2 Å². The van der Waals surface area contributed by atoms with Gasteiger partial charge >= 0.3 is 0 Å². The van der Waals surface area contributed by atoms with Gasteiger partial charge in [0.05, 0.1) is 4.90 Å². The van der Waals surface area contributed by atoms with E-state index in [4.69, 9.17) is 4.74 Å². The van der Waals surface area contributed by atoms with E-state index in [9.17, 15) is 17.6 Å². The van der Waals surface area contributed by atoms with Crippen molar-refractivity contribution in [3.63, 3.8) is 0 Å². The molecule has 27 heavy (non-hydrogen) atoms. The Morgan fingerprint density at radius 3 is 2.74 bits per heavy atom. The van der Waals surface area contributed by atoms with Gasteiger partial charge in [0.1, 0.15) is 5.84 Å². The Morgan fingerprint density at radius 2 is 2.00 bits per heavy atom. The maximum absolute atomic E-state index is 13.5. The van der Waals surface area contributed by atoms with Gasteiger partial charge in [-0.05, 0) is 36.8 Å². The van der Waals surface area contributed by atoms with E-state index < -0.39 is 28.4 Å². The summed E-state index contributed by atoms with van der Waals surface area (Å²) < 4.78 is 45.9. The number of hydrogen-bond donors (Lipinski definition) is 2. The first-order chi connectivity index (χ1) is 12.9. The van der Waals surface area contributed by atoms with Gasteiger partial charge < -0.3 is 10.1 Å². The van der Waals surface area contributed by atoms with Gasteiger partial charge in [-0.2, -0.15) is 0 Å². The van der Waals surface area contributed by atoms with E-state index >= 15 is 0 Å². The van der Waals surface area contributed by atoms with Crippen LogP contribution in [0.4, 0.5) is 10.1 Å². The molecule has 0 saturated carbocycles. The van der Waals surface area contributed by atoms with Crippen molar-refractivity contribution in [3.05, 3.63) is 54.3 Å². The largest absolute Gasteiger partial charge is 0.481 e. The molecule has 9 heteroatoms. The van der Waals surface area contributed by atoms with Crippen LogP contribution in [0.15, 0.2) is 58.4 Å². The van der Waals surface area contributed by atoms with Gasteiger partial charge in [-0.3, -0.25) is 14.5 Å². The standard InChI is InChI=1S/C18H18FN3O4S/c19-15-7-1-2-8-16(15)26-12-18(23)21-13-5-3-6-14(11-13)27(24,25)22-17-9-4-10-20-17/h1-3,5-8,11H,4,9-10,12H2,(H,20,22)(H,21,23). The Bertz CT molecular complexity index is 976. The number of nitrogens with one attached hydrogen (secondary N) is 2. The lowest BCUT2D eigenvalue weighted by molar-refractivity contribution is -0.118. The zero-order valence-electron chi connectivity index (χ0n) is 14.3. The lowest BCUT2D eigenvalue weighted by atomic mass is 10.3. The van der Waals surface area contributed by atoms with E-state index in [1.165, 1.54) is 36.4 Å². The molecule has 0 unspecified atom stereocenters. The van der Waals surface area contributed by atoms with Crippen LogP contribution in [0.2, 0.25) is 0 Å². The first-order valence-corrected chi connectivity index (χ1v) is 9.76. The number of halogens is 1. The maximum Gasteiger partial charge on any atom is 0.262 e. The summed E-state index contributed by atoms with van der Waals surface area (Å²) in [4.78, 5) is 16.1. The Morgan fingerprint density at radius 1 is 1.19 bits per heavy atom. The summed E-state index contributed by atoms with van der Waals surface area (Å²) in [5.41, 5.74) is 0.286. The molecule has 0 spiro atoms. The van der Waals surface area contributed by atoms with E-state index in [1.54, 1.807) is 12.1 Å². The third kappa shape index (κ3) is 5.04. The van der Waals surface area contributed by atoms with Crippen LogP contribution < -0.4 is 14.8 Å². The summed E-state index contributed by atoms with van der Waals surface area (Å²) in [7, 11) is -3.78. The number of amidine groups is 1. The van der Waals surface area contributed by atoms with Crippen LogP contribution in [0, 0.1) is 5.82 Å². The van der Waals surface area contributed by atoms with Crippen LogP contribution in [0.3, 0.4) is 0 Å². The molecule has 2 aromatic carbocycles. The van der Waals surface area contributed by atoms with Gasteiger partial charge in [0.2, 0.25) is 0 Å². The second-order valence-corrected chi connectivity index (χ2v) is 7.51. The molecule has 0 aliphatic carbocycles. The van der Waals surface area contributed by atoms with Crippen molar-refractivity contribution < 1.29 is 22.3 Å². The van der Waals surface area contributed by atoms with Crippen molar-refractivity contribution in [2.24, 2.45) is 4.99 Å². The van der Waals surface area contributed by atoms with Crippen molar-refractivity contribution in [3.8, 4) is 5.75 Å². The number of anilines is 1. The fraction of sp³-hybridized carbons (Fsp3) is 0.222. The third-order valence-electron chi connectivity index (χ3n) is 3.75. The molecule has 1 heterocycles. The molecular formula is C18H18FN3O4S. The van der Waals surface area contributed by atoms with E-state index in [1.807, 2.05) is 0 Å². The molecule has 0 bridgehead atoms. The highest BCUT2D eigenvalue weighted by Gasteiger charge is 2.18. The van der Waals surface area contributed by atoms with Gasteiger partial charge in [-0.15, -0.1) is 0 Å². The Balaban J connectivity index is 1.63. The van der Waals surface area contributed by atoms with Crippen LogP contribution in [-0.2, 0) is 14.8 Å². The lowest BCUT2D eigenvalue weighted by Gasteiger charge is -2.11. The van der Waals surface area contributed by atoms with Crippen molar-refractivity contribution in [1.29, 1.82) is 0 Å². The summed E-state index contributed by atoms with van der Waals surface area (Å²) in [6, 6.07) is 11.6. The monoisotopic (exact) mass is 391 g/mol. The summed E-state index contributed by atoms with van der Waals surface area (Å²) in [5, 5.41) is 2.53. The molecule has 0 aromatic heterocycles. The SMILES string of the molecule is O=C(COc1ccccc1F)Nc1cccc(S(=O)(=O)NC2=NCCC2)c1. The lowest BCUT2D eigenvalue weighted by Crippen LogP contribution is -2.29. The van der Waals surface area contributed by atoms with Gasteiger partial charge in [0.15, 0.2) is 18.2 Å². The van der Waals surface area contributed by atoms with Crippen LogP contribution in [0.1, 0.15) is 12.8 Å². The molecule has 0 fully saturated rings. The number of hydrogen-bond acceptors (Lipinski definition) is 5. The highest BCUT2D eigenvalue weighted by atomic mass is 32.2. The Kier molecular flexibility index (Phi) is 5.70. The topological polar surface area (TPSA) is 96.9 Å². The number of para-hydroxylation sites is 1. The quantitative estimate of drug-likeness (QED) is 0.790. The highest BCUT2D eigenvalue weighted by Crippen LogP contribution is 2.18. The average Bonchev–Trinajstić information content (AvgIpc) is 3.13. The van der Waals surface area contributed by atoms with Crippen molar-refractivity contribution in [2.45, 2.75) is 17.7 Å². The van der Waals surface area contributed by atoms with E-state index in [0.717, 1.165) is 6.42 Å². The molecule has 2 N–H and O–H groups in total. The van der Waals surface area contributed by atoms with Crippen LogP contribution in [0.5, 0.6) is 5.75 Å². The number of sulfonamides is 1. The van der Waals surface area contributed by atoms with Crippen LogP contribution in [-0.4, -0.2) is 33.3 Å². The first kappa shape index (κ1) is 18.8. The molecule has 0 atom stereocenters. The number of carbonyl (C=O) groups excluding carboxylic acids is 1. The van der Waals surface area contributed by atoms with Crippen LogP contribution in [0.25, 0.3) is 0 Å². The second kappa shape index (κ2) is 8.17. The fourth-order valence-corrected chi connectivity index (χ4v) is 3.61. The molecule has 3 rings (SSSR count). The molecule has 0 saturated heterocycles. The number of amides is 1. The van der Waals surface area contributed by atoms with E-state index in [2.05, 4.69) is 15.0 Å². The average molecular weight is 391 g/mol. The minimum absolute atomic E-state index is 0.00456. The number of aliphatic imine (C=N–C) groups is 1. The summed E-state index contributed by atoms with van der Waals surface area (Å²) in [5.74, 6) is -0.714. The number of benzene rings is 2. The third-order valence-corrected chi connectivity index (χ3v) is 5.13. The van der Waals surface area contributed by atoms with Crippen molar-refractivity contribution in [2.75, 3.05) is 18.5 Å². The van der Waals surface area contributed by atoms with Crippen LogP contribution >= 0.6 is 0 Å². The highest BCUT2D eigenvalue weighted by molar-refractivity contribution is 7.90. The summed E-state index contributed by atoms with van der Waals surface area (Å²) >= 11 is 0. The van der Waals surface area contributed by atoms with E-state index in [-0.39, 0.29) is 16.3 Å². The number of ether oxygens (including phenoxy) is 1. The number of nitrogens with zero attached hydrogens (tertiary/aromatic N) is 1. The zero-order valence-corrected chi connectivity index (χ0v) is 15.1. The molecule has 2 aromatic rings. The van der Waals surface area contributed by atoms with Gasteiger partial charge in [0, 0.05) is 18.7 Å². The molecule has 1 aliphatic rings. The number of carbonyl (C=O) groups is 1. The summed E-state index contributed by atoms with van der Waals surface area (Å²) in [6.45, 7) is 0.197. The molecule has 1 aliphatic heterocycles. The minimum atomic E-state index is -3.78. The number of rotatable bonds is 6. The zero-order chi connectivity index (χ0) is 19.3. The smallest absolute Gasteiger partial charge is 0.262 e. The Hall–Kier alpha value is -2.94. The molecule has 7 nitrogen and oxygen atoms in total. The Labute approximate surface area is 156 Å². The minimum Gasteiger partial charge on any atom is -0.481 e.